The van der Waals surface area contributed by atoms with E-state index in [9.17, 15) is 9.59 Å². The Morgan fingerprint density at radius 2 is 1.81 bits per heavy atom. The van der Waals surface area contributed by atoms with Gasteiger partial charge < -0.3 is 14.8 Å². The SMILES string of the molecule is C=CCOc1ccc(/C=C/C(=O)O[C@@H](C)C(=O)Nc2ccccc2)cc1. The summed E-state index contributed by atoms with van der Waals surface area (Å²) in [6.45, 7) is 5.54. The molecule has 1 N–H and O–H groups in total. The maximum absolute atomic E-state index is 12.0. The first-order valence-electron chi connectivity index (χ1n) is 8.17. The van der Waals surface area contributed by atoms with E-state index in [2.05, 4.69) is 11.9 Å². The summed E-state index contributed by atoms with van der Waals surface area (Å²) in [5, 5.41) is 2.68. The second-order valence-corrected chi connectivity index (χ2v) is 5.44. The van der Waals surface area contributed by atoms with Crippen LogP contribution in [0.3, 0.4) is 0 Å². The predicted octanol–water partition coefficient (Wildman–Crippen LogP) is 3.84. The Kier molecular flexibility index (Phi) is 7.18. The molecule has 1 atom stereocenters. The summed E-state index contributed by atoms with van der Waals surface area (Å²) in [7, 11) is 0. The third-order valence-corrected chi connectivity index (χ3v) is 3.36. The van der Waals surface area contributed by atoms with Crippen LogP contribution >= 0.6 is 0 Å². The number of esters is 1. The minimum Gasteiger partial charge on any atom is -0.490 e. The van der Waals surface area contributed by atoms with Crippen molar-refractivity contribution in [1.82, 2.24) is 0 Å². The van der Waals surface area contributed by atoms with E-state index in [-0.39, 0.29) is 5.91 Å². The van der Waals surface area contributed by atoms with Crippen LogP contribution in [-0.4, -0.2) is 24.6 Å². The minimum absolute atomic E-state index is 0.387. The Hall–Kier alpha value is -3.34. The molecular weight excluding hydrogens is 330 g/mol. The molecule has 0 unspecified atom stereocenters. The summed E-state index contributed by atoms with van der Waals surface area (Å²) < 4.78 is 10.5. The van der Waals surface area contributed by atoms with Crippen molar-refractivity contribution in [3.05, 3.63) is 78.9 Å². The van der Waals surface area contributed by atoms with Gasteiger partial charge in [-0.25, -0.2) is 4.79 Å². The van der Waals surface area contributed by atoms with Gasteiger partial charge in [-0.15, -0.1) is 0 Å². The van der Waals surface area contributed by atoms with Gasteiger partial charge in [-0.1, -0.05) is 43.0 Å². The van der Waals surface area contributed by atoms with Gasteiger partial charge in [0.15, 0.2) is 6.10 Å². The number of nitrogens with one attached hydrogen (secondary N) is 1. The number of amides is 1. The normalized spacial score (nSPS) is 11.6. The number of hydrogen-bond acceptors (Lipinski definition) is 4. The Balaban J connectivity index is 1.84. The smallest absolute Gasteiger partial charge is 0.331 e. The van der Waals surface area contributed by atoms with Gasteiger partial charge in [-0.3, -0.25) is 4.79 Å². The first-order valence-corrected chi connectivity index (χ1v) is 8.17. The molecule has 0 heterocycles. The number of carbonyl (C=O) groups excluding carboxylic acids is 2. The molecule has 0 aliphatic heterocycles. The lowest BCUT2D eigenvalue weighted by atomic mass is 10.2. The average molecular weight is 351 g/mol. The number of anilines is 1. The highest BCUT2D eigenvalue weighted by Gasteiger charge is 2.16. The fourth-order valence-corrected chi connectivity index (χ4v) is 2.03. The lowest BCUT2D eigenvalue weighted by molar-refractivity contribution is -0.148. The van der Waals surface area contributed by atoms with Crippen LogP contribution in [-0.2, 0) is 14.3 Å². The molecule has 0 aromatic heterocycles. The van der Waals surface area contributed by atoms with Gasteiger partial charge >= 0.3 is 5.97 Å². The molecule has 0 radical (unpaired) electrons. The third kappa shape index (κ3) is 6.28. The van der Waals surface area contributed by atoms with Crippen molar-refractivity contribution in [2.45, 2.75) is 13.0 Å². The summed E-state index contributed by atoms with van der Waals surface area (Å²) in [5.74, 6) is -0.259. The molecule has 134 valence electrons. The molecule has 0 spiro atoms. The standard InChI is InChI=1S/C21H21NO4/c1-3-15-25-19-12-9-17(10-13-19)11-14-20(23)26-16(2)21(24)22-18-7-5-4-6-8-18/h3-14,16H,1,15H2,2H3,(H,22,24)/b14-11+/t16-/m0/s1. The van der Waals surface area contributed by atoms with E-state index in [0.717, 1.165) is 11.3 Å². The van der Waals surface area contributed by atoms with Gasteiger partial charge in [-0.2, -0.15) is 0 Å². The van der Waals surface area contributed by atoms with Gasteiger partial charge in [0, 0.05) is 11.8 Å². The highest BCUT2D eigenvalue weighted by atomic mass is 16.5. The molecule has 0 aliphatic rings. The van der Waals surface area contributed by atoms with Crippen LogP contribution in [0.5, 0.6) is 5.75 Å². The van der Waals surface area contributed by atoms with Crippen molar-refractivity contribution in [3.8, 4) is 5.75 Å². The van der Waals surface area contributed by atoms with Crippen LogP contribution in [0, 0.1) is 0 Å². The average Bonchev–Trinajstić information content (AvgIpc) is 2.66. The maximum Gasteiger partial charge on any atom is 0.331 e. The van der Waals surface area contributed by atoms with Gasteiger partial charge in [0.1, 0.15) is 12.4 Å². The first kappa shape index (κ1) is 19.0. The van der Waals surface area contributed by atoms with Gasteiger partial charge in [0.05, 0.1) is 0 Å². The number of ether oxygens (including phenoxy) is 2. The van der Waals surface area contributed by atoms with Crippen molar-refractivity contribution >= 4 is 23.6 Å². The largest absolute Gasteiger partial charge is 0.490 e. The van der Waals surface area contributed by atoms with Crippen LogP contribution in [0.15, 0.2) is 73.3 Å². The fraction of sp³-hybridized carbons (Fsp3) is 0.143. The Morgan fingerprint density at radius 3 is 2.46 bits per heavy atom. The van der Waals surface area contributed by atoms with Crippen LogP contribution in [0.4, 0.5) is 5.69 Å². The van der Waals surface area contributed by atoms with Crippen LogP contribution in [0.25, 0.3) is 6.08 Å². The van der Waals surface area contributed by atoms with Crippen LogP contribution in [0.1, 0.15) is 12.5 Å². The van der Waals surface area contributed by atoms with E-state index in [0.29, 0.717) is 12.3 Å². The zero-order chi connectivity index (χ0) is 18.8. The van der Waals surface area contributed by atoms with Crippen molar-refractivity contribution in [2.75, 3.05) is 11.9 Å². The second-order valence-electron chi connectivity index (χ2n) is 5.44. The molecule has 2 rings (SSSR count). The number of para-hydroxylation sites is 1. The lowest BCUT2D eigenvalue weighted by Crippen LogP contribution is -2.29. The fourth-order valence-electron chi connectivity index (χ4n) is 2.03. The Bertz CT molecular complexity index is 766. The molecular formula is C21H21NO4. The molecule has 5 heteroatoms. The molecule has 2 aromatic rings. The molecule has 0 bridgehead atoms. The van der Waals surface area contributed by atoms with Gasteiger partial charge in [-0.05, 0) is 42.8 Å². The Labute approximate surface area is 152 Å². The topological polar surface area (TPSA) is 64.6 Å². The summed E-state index contributed by atoms with van der Waals surface area (Å²) in [6, 6.07) is 16.2. The zero-order valence-electron chi connectivity index (χ0n) is 14.6. The molecule has 26 heavy (non-hydrogen) atoms. The van der Waals surface area contributed by atoms with Crippen molar-refractivity contribution < 1.29 is 19.1 Å². The highest BCUT2D eigenvalue weighted by Crippen LogP contribution is 2.13. The molecule has 2 aromatic carbocycles. The van der Waals surface area contributed by atoms with Crippen molar-refractivity contribution in [3.63, 3.8) is 0 Å². The summed E-state index contributed by atoms with van der Waals surface area (Å²) >= 11 is 0. The molecule has 0 fully saturated rings. The molecule has 5 nitrogen and oxygen atoms in total. The maximum atomic E-state index is 12.0. The highest BCUT2D eigenvalue weighted by molar-refractivity contribution is 5.96. The predicted molar refractivity (Wildman–Crippen MR) is 102 cm³/mol. The van der Waals surface area contributed by atoms with E-state index in [1.54, 1.807) is 36.4 Å². The molecule has 0 aliphatic carbocycles. The van der Waals surface area contributed by atoms with E-state index in [1.807, 2.05) is 30.3 Å². The lowest BCUT2D eigenvalue weighted by Gasteiger charge is -2.12. The minimum atomic E-state index is -0.901. The van der Waals surface area contributed by atoms with Gasteiger partial charge in [0.2, 0.25) is 0 Å². The second kappa shape index (κ2) is 9.84. The number of carbonyl (C=O) groups is 2. The van der Waals surface area contributed by atoms with E-state index >= 15 is 0 Å². The van der Waals surface area contributed by atoms with Crippen LogP contribution in [0.2, 0.25) is 0 Å². The molecule has 1 amide bonds. The number of rotatable bonds is 8. The quantitative estimate of drug-likeness (QED) is 0.446. The monoisotopic (exact) mass is 351 g/mol. The van der Waals surface area contributed by atoms with E-state index in [1.165, 1.54) is 13.0 Å². The van der Waals surface area contributed by atoms with Crippen molar-refractivity contribution in [1.29, 1.82) is 0 Å². The van der Waals surface area contributed by atoms with Crippen molar-refractivity contribution in [2.24, 2.45) is 0 Å². The summed E-state index contributed by atoms with van der Waals surface area (Å²) in [4.78, 5) is 23.9. The zero-order valence-corrected chi connectivity index (χ0v) is 14.6. The first-order chi connectivity index (χ1) is 12.6. The molecule has 0 saturated heterocycles. The summed E-state index contributed by atoms with van der Waals surface area (Å²) in [6.07, 6.45) is 3.66. The Morgan fingerprint density at radius 1 is 1.12 bits per heavy atom. The van der Waals surface area contributed by atoms with Crippen LogP contribution < -0.4 is 10.1 Å². The van der Waals surface area contributed by atoms with E-state index < -0.39 is 12.1 Å². The summed E-state index contributed by atoms with van der Waals surface area (Å²) in [5.41, 5.74) is 1.46. The van der Waals surface area contributed by atoms with E-state index in [4.69, 9.17) is 9.47 Å². The number of hydrogen-bond donors (Lipinski definition) is 1. The van der Waals surface area contributed by atoms with Gasteiger partial charge in [0.25, 0.3) is 5.91 Å². The number of benzene rings is 2. The third-order valence-electron chi connectivity index (χ3n) is 3.36. The molecule has 0 saturated carbocycles.